The third kappa shape index (κ3) is 3.02. The van der Waals surface area contributed by atoms with Gasteiger partial charge in [0.25, 0.3) is 0 Å². The Balaban J connectivity index is 2.16. The fourth-order valence-electron chi connectivity index (χ4n) is 2.48. The molecule has 1 aromatic heterocycles. The molecule has 0 aliphatic carbocycles. The summed E-state index contributed by atoms with van der Waals surface area (Å²) in [5, 5.41) is 4.70. The van der Waals surface area contributed by atoms with E-state index >= 15 is 0 Å². The van der Waals surface area contributed by atoms with Crippen molar-refractivity contribution in [3.8, 4) is 28.3 Å². The van der Waals surface area contributed by atoms with Crippen molar-refractivity contribution in [3.05, 3.63) is 60.7 Å². The first-order chi connectivity index (χ1) is 10.8. The van der Waals surface area contributed by atoms with Crippen molar-refractivity contribution in [2.75, 3.05) is 11.0 Å². The first-order valence-corrected chi connectivity index (χ1v) is 8.70. The van der Waals surface area contributed by atoms with Gasteiger partial charge in [-0.1, -0.05) is 83.3 Å². The number of hydrogen-bond donors (Lipinski definition) is 0. The summed E-state index contributed by atoms with van der Waals surface area (Å²) in [4.78, 5) is 0. The average Bonchev–Trinajstić information content (AvgIpc) is 2.91. The minimum absolute atomic E-state index is 0.673. The van der Waals surface area contributed by atoms with Crippen LogP contribution in [0.5, 0.6) is 5.75 Å². The van der Waals surface area contributed by atoms with Gasteiger partial charge in [0, 0.05) is 22.6 Å². The topological polar surface area (TPSA) is 27.1 Å². The van der Waals surface area contributed by atoms with Crippen molar-refractivity contribution < 1.29 is 4.74 Å². The van der Waals surface area contributed by atoms with Crippen LogP contribution in [0.1, 0.15) is 0 Å². The van der Waals surface area contributed by atoms with Gasteiger partial charge in [-0.05, 0) is 0 Å². The summed E-state index contributed by atoms with van der Waals surface area (Å²) < 4.78 is 8.90. The van der Waals surface area contributed by atoms with Crippen LogP contribution in [0.15, 0.2) is 60.7 Å². The summed E-state index contributed by atoms with van der Waals surface area (Å²) >= 11 is 2.32. The fraction of sp³-hybridized carbons (Fsp3) is 0.167. The van der Waals surface area contributed by atoms with E-state index in [0.29, 0.717) is 6.61 Å². The third-order valence-corrected chi connectivity index (χ3v) is 3.86. The van der Waals surface area contributed by atoms with Crippen molar-refractivity contribution in [2.45, 2.75) is 0 Å². The van der Waals surface area contributed by atoms with Crippen molar-refractivity contribution in [1.29, 1.82) is 0 Å². The van der Waals surface area contributed by atoms with Crippen molar-refractivity contribution in [2.24, 2.45) is 7.05 Å². The second kappa shape index (κ2) is 6.96. The fourth-order valence-corrected chi connectivity index (χ4v) is 2.70. The predicted molar refractivity (Wildman–Crippen MR) is 98.5 cm³/mol. The summed E-state index contributed by atoms with van der Waals surface area (Å²) in [6, 6.07) is 20.4. The highest BCUT2D eigenvalue weighted by molar-refractivity contribution is 14.1. The van der Waals surface area contributed by atoms with Crippen LogP contribution in [-0.2, 0) is 7.05 Å². The number of alkyl halides is 1. The molecule has 0 unspecified atom stereocenters. The molecule has 2 aromatic carbocycles. The normalized spacial score (nSPS) is 10.6. The molecule has 0 N–H and O–H groups in total. The van der Waals surface area contributed by atoms with E-state index in [1.54, 1.807) is 0 Å². The molecular formula is C18H17IN2O. The number of hydrogen-bond acceptors (Lipinski definition) is 2. The molecule has 0 atom stereocenters. The maximum atomic E-state index is 6.06. The lowest BCUT2D eigenvalue weighted by Gasteiger charge is -2.09. The summed E-state index contributed by atoms with van der Waals surface area (Å²) in [6.45, 7) is 0.673. The molecule has 0 radical (unpaired) electrons. The largest absolute Gasteiger partial charge is 0.488 e. The molecule has 0 fully saturated rings. The lowest BCUT2D eigenvalue weighted by Crippen LogP contribution is -2.00. The zero-order valence-electron chi connectivity index (χ0n) is 12.4. The van der Waals surface area contributed by atoms with Gasteiger partial charge in [0.15, 0.2) is 5.75 Å². The van der Waals surface area contributed by atoms with E-state index < -0.39 is 0 Å². The predicted octanol–water partition coefficient (Wildman–Crippen LogP) is 4.57. The molecule has 3 aromatic rings. The second-order valence-electron chi connectivity index (χ2n) is 4.92. The molecule has 0 saturated carbocycles. The quantitative estimate of drug-likeness (QED) is 0.460. The highest BCUT2D eigenvalue weighted by atomic mass is 127. The van der Waals surface area contributed by atoms with Gasteiger partial charge in [-0.2, -0.15) is 5.10 Å². The van der Waals surface area contributed by atoms with Gasteiger partial charge < -0.3 is 4.74 Å². The van der Waals surface area contributed by atoms with Crippen LogP contribution in [0.25, 0.3) is 22.5 Å². The summed E-state index contributed by atoms with van der Waals surface area (Å²) in [5.41, 5.74) is 4.10. The van der Waals surface area contributed by atoms with E-state index in [0.717, 1.165) is 32.7 Å². The molecule has 0 aliphatic rings. The van der Waals surface area contributed by atoms with Crippen LogP contribution in [0.4, 0.5) is 0 Å². The molecule has 0 bridgehead atoms. The zero-order valence-corrected chi connectivity index (χ0v) is 14.5. The van der Waals surface area contributed by atoms with E-state index in [9.17, 15) is 0 Å². The lowest BCUT2D eigenvalue weighted by molar-refractivity contribution is 0.349. The molecule has 3 rings (SSSR count). The van der Waals surface area contributed by atoms with E-state index in [1.165, 1.54) is 0 Å². The van der Waals surface area contributed by atoms with Crippen molar-refractivity contribution in [1.82, 2.24) is 9.78 Å². The average molecular weight is 404 g/mol. The van der Waals surface area contributed by atoms with Gasteiger partial charge in [-0.15, -0.1) is 0 Å². The first kappa shape index (κ1) is 15.1. The maximum absolute atomic E-state index is 6.06. The Morgan fingerprint density at radius 3 is 2.14 bits per heavy atom. The Hall–Kier alpha value is -1.82. The molecular weight excluding hydrogens is 387 g/mol. The second-order valence-corrected chi connectivity index (χ2v) is 6.00. The number of ether oxygens (including phenoxy) is 1. The van der Waals surface area contributed by atoms with Crippen LogP contribution in [0, 0.1) is 0 Å². The van der Waals surface area contributed by atoms with Crippen LogP contribution >= 0.6 is 22.6 Å². The standard InChI is InChI=1S/C18H17IN2O/c1-21-17(15-10-6-3-7-11-15)18(22-13-12-19)16(20-21)14-8-4-2-5-9-14/h2-11H,12-13H2,1H3. The smallest absolute Gasteiger partial charge is 0.173 e. The number of halogens is 1. The van der Waals surface area contributed by atoms with Crippen LogP contribution in [0.3, 0.4) is 0 Å². The van der Waals surface area contributed by atoms with Crippen LogP contribution in [0.2, 0.25) is 0 Å². The van der Waals surface area contributed by atoms with Gasteiger partial charge in [0.2, 0.25) is 0 Å². The molecule has 3 nitrogen and oxygen atoms in total. The highest BCUT2D eigenvalue weighted by Crippen LogP contribution is 2.38. The zero-order chi connectivity index (χ0) is 15.4. The molecule has 1 heterocycles. The van der Waals surface area contributed by atoms with Gasteiger partial charge in [0.1, 0.15) is 11.4 Å². The van der Waals surface area contributed by atoms with Gasteiger partial charge >= 0.3 is 0 Å². The Bertz CT molecular complexity index is 739. The van der Waals surface area contributed by atoms with E-state index in [1.807, 2.05) is 48.1 Å². The molecule has 0 spiro atoms. The minimum atomic E-state index is 0.673. The summed E-state index contributed by atoms with van der Waals surface area (Å²) in [5.74, 6) is 0.858. The SMILES string of the molecule is Cn1nc(-c2ccccc2)c(OCCI)c1-c1ccccc1. The first-order valence-electron chi connectivity index (χ1n) is 7.18. The van der Waals surface area contributed by atoms with E-state index in [4.69, 9.17) is 9.84 Å². The van der Waals surface area contributed by atoms with Gasteiger partial charge in [0.05, 0.1) is 6.61 Å². The number of aryl methyl sites for hydroxylation is 1. The van der Waals surface area contributed by atoms with Crippen LogP contribution < -0.4 is 4.74 Å². The molecule has 112 valence electrons. The van der Waals surface area contributed by atoms with Crippen LogP contribution in [-0.4, -0.2) is 20.8 Å². The summed E-state index contributed by atoms with van der Waals surface area (Å²) in [7, 11) is 1.96. The Kier molecular flexibility index (Phi) is 4.77. The monoisotopic (exact) mass is 404 g/mol. The molecule has 0 amide bonds. The Morgan fingerprint density at radius 1 is 0.955 bits per heavy atom. The molecule has 4 heteroatoms. The van der Waals surface area contributed by atoms with Crippen molar-refractivity contribution >= 4 is 22.6 Å². The summed E-state index contributed by atoms with van der Waals surface area (Å²) in [6.07, 6.45) is 0. The molecule has 0 saturated heterocycles. The Labute approximate surface area is 144 Å². The number of nitrogens with zero attached hydrogens (tertiary/aromatic N) is 2. The highest BCUT2D eigenvalue weighted by Gasteiger charge is 2.20. The number of rotatable bonds is 5. The van der Waals surface area contributed by atoms with Gasteiger partial charge in [-0.3, -0.25) is 4.68 Å². The maximum Gasteiger partial charge on any atom is 0.173 e. The number of benzene rings is 2. The van der Waals surface area contributed by atoms with E-state index in [-0.39, 0.29) is 0 Å². The molecule has 0 aliphatic heterocycles. The molecule has 22 heavy (non-hydrogen) atoms. The lowest BCUT2D eigenvalue weighted by atomic mass is 10.1. The van der Waals surface area contributed by atoms with Crippen molar-refractivity contribution in [3.63, 3.8) is 0 Å². The van der Waals surface area contributed by atoms with E-state index in [2.05, 4.69) is 46.9 Å². The Morgan fingerprint density at radius 2 is 1.55 bits per heavy atom. The minimum Gasteiger partial charge on any atom is -0.488 e. The third-order valence-electron chi connectivity index (χ3n) is 3.42. The number of aromatic nitrogens is 2. The van der Waals surface area contributed by atoms with Gasteiger partial charge in [-0.25, -0.2) is 0 Å².